The summed E-state index contributed by atoms with van der Waals surface area (Å²) in [4.78, 5) is 2.49. The Kier molecular flexibility index (Phi) is 5.90. The number of thiophene rings is 1. The van der Waals surface area contributed by atoms with Crippen LogP contribution in [-0.4, -0.2) is 0 Å². The molecule has 0 amide bonds. The number of hydrogen-bond acceptors (Lipinski definition) is 2. The first kappa shape index (κ1) is 27.9. The van der Waals surface area contributed by atoms with Gasteiger partial charge in [-0.2, -0.15) is 0 Å². The topological polar surface area (TPSA) is 3.24 Å². The fourth-order valence-corrected chi connectivity index (χ4v) is 10.6. The normalized spacial score (nSPS) is 19.2. The molecule has 1 spiro atoms. The zero-order chi connectivity index (χ0) is 32.0. The maximum Gasteiger partial charge on any atom is 0.0554 e. The van der Waals surface area contributed by atoms with Gasteiger partial charge in [-0.1, -0.05) is 135 Å². The Morgan fingerprint density at radius 3 is 1.96 bits per heavy atom. The molecule has 230 valence electrons. The number of nitrogens with zero attached hydrogens (tertiary/aromatic N) is 1. The molecular weight excluding hydrogens is 599 g/mol. The van der Waals surface area contributed by atoms with Crippen LogP contribution in [0.4, 0.5) is 17.1 Å². The summed E-state index contributed by atoms with van der Waals surface area (Å²) in [6.45, 7) is 4.81. The summed E-state index contributed by atoms with van der Waals surface area (Å²) in [5.74, 6) is 0.580. The Hall–Kier alpha value is -5.18. The van der Waals surface area contributed by atoms with Crippen molar-refractivity contribution in [2.75, 3.05) is 4.90 Å². The lowest BCUT2D eigenvalue weighted by atomic mass is 9.53. The van der Waals surface area contributed by atoms with E-state index in [1.165, 1.54) is 64.9 Å². The van der Waals surface area contributed by atoms with Crippen LogP contribution in [0.15, 0.2) is 164 Å². The molecule has 2 unspecified atom stereocenters. The van der Waals surface area contributed by atoms with Crippen molar-refractivity contribution in [1.82, 2.24) is 0 Å². The number of anilines is 3. The predicted octanol–water partition coefficient (Wildman–Crippen LogP) is 12.3. The molecule has 7 aromatic rings. The first-order chi connectivity index (χ1) is 23.6. The van der Waals surface area contributed by atoms with Gasteiger partial charge in [-0.15, -0.1) is 11.3 Å². The molecule has 0 N–H and O–H groups in total. The van der Waals surface area contributed by atoms with Crippen LogP contribution in [0.3, 0.4) is 0 Å². The van der Waals surface area contributed by atoms with E-state index >= 15 is 0 Å². The molecule has 48 heavy (non-hydrogen) atoms. The fraction of sp³-hybridized carbons (Fsp3) is 0.130. The first-order valence-electron chi connectivity index (χ1n) is 17.0. The molecule has 0 aliphatic heterocycles. The number of hydrogen-bond donors (Lipinski definition) is 0. The first-order valence-corrected chi connectivity index (χ1v) is 17.8. The van der Waals surface area contributed by atoms with Gasteiger partial charge in [0.2, 0.25) is 0 Å². The lowest BCUT2D eigenvalue weighted by molar-refractivity contribution is 0.420. The predicted molar refractivity (Wildman–Crippen MR) is 203 cm³/mol. The molecule has 0 saturated carbocycles. The molecule has 0 fully saturated rings. The zero-order valence-electron chi connectivity index (χ0n) is 27.1. The van der Waals surface area contributed by atoms with E-state index in [-0.39, 0.29) is 16.7 Å². The van der Waals surface area contributed by atoms with Crippen molar-refractivity contribution < 1.29 is 0 Å². The Bertz CT molecular complexity index is 2410. The third kappa shape index (κ3) is 3.61. The van der Waals surface area contributed by atoms with E-state index in [1.807, 2.05) is 11.3 Å². The highest BCUT2D eigenvalue weighted by atomic mass is 32.1. The Balaban J connectivity index is 1.30. The van der Waals surface area contributed by atoms with Gasteiger partial charge in [0.15, 0.2) is 0 Å². The molecule has 0 radical (unpaired) electrons. The average molecular weight is 634 g/mol. The molecule has 3 aliphatic carbocycles. The molecular formula is C46H35NS. The molecule has 0 bridgehead atoms. The molecule has 0 saturated heterocycles. The SMILES string of the molecule is CC1(C)c2ccccc2C2(c3cc(N(c4ccccc4)c4cccc5sc6ccccc6c45)ccc3C3C=CC=CC32)c2ccccc21. The molecule has 10 rings (SSSR count). The van der Waals surface area contributed by atoms with Crippen molar-refractivity contribution in [3.63, 3.8) is 0 Å². The van der Waals surface area contributed by atoms with Gasteiger partial charge in [0.05, 0.1) is 11.1 Å². The van der Waals surface area contributed by atoms with Crippen molar-refractivity contribution in [3.8, 4) is 0 Å². The van der Waals surface area contributed by atoms with Crippen molar-refractivity contribution in [2.45, 2.75) is 30.6 Å². The van der Waals surface area contributed by atoms with Gasteiger partial charge < -0.3 is 4.90 Å². The van der Waals surface area contributed by atoms with Crippen molar-refractivity contribution in [2.24, 2.45) is 5.92 Å². The standard InChI is InChI=1S/C46H35NS/c1-45(2)36-20-9-11-22-38(36)46(39-23-12-10-21-37(39)45)35-19-8-6-17-32(35)33-28-27-31(29-40(33)46)47(30-15-4-3-5-16-30)41-24-14-26-43-44(41)34-18-7-13-25-42(34)48-43/h3-29,32,35H,1-2H3. The summed E-state index contributed by atoms with van der Waals surface area (Å²) in [6.07, 6.45) is 9.46. The summed E-state index contributed by atoms with van der Waals surface area (Å²) in [5.41, 5.74) is 11.7. The number of para-hydroxylation sites is 1. The summed E-state index contributed by atoms with van der Waals surface area (Å²) < 4.78 is 2.63. The third-order valence-corrected chi connectivity index (χ3v) is 12.5. The van der Waals surface area contributed by atoms with Crippen LogP contribution in [0.1, 0.15) is 53.1 Å². The number of allylic oxidation sites excluding steroid dienone is 4. The third-order valence-electron chi connectivity index (χ3n) is 11.4. The van der Waals surface area contributed by atoms with E-state index in [4.69, 9.17) is 0 Å². The largest absolute Gasteiger partial charge is 0.310 e. The smallest absolute Gasteiger partial charge is 0.0554 e. The Labute approximate surface area is 286 Å². The Morgan fingerprint density at radius 1 is 0.542 bits per heavy atom. The second kappa shape index (κ2) is 10.2. The monoisotopic (exact) mass is 633 g/mol. The van der Waals surface area contributed by atoms with E-state index in [9.17, 15) is 0 Å². The zero-order valence-corrected chi connectivity index (χ0v) is 27.9. The van der Waals surface area contributed by atoms with Gasteiger partial charge in [0, 0.05) is 48.8 Å². The lowest BCUT2D eigenvalue weighted by Crippen LogP contribution is -2.44. The minimum Gasteiger partial charge on any atom is -0.310 e. The highest BCUT2D eigenvalue weighted by Gasteiger charge is 2.58. The van der Waals surface area contributed by atoms with Crippen LogP contribution in [-0.2, 0) is 10.8 Å². The van der Waals surface area contributed by atoms with E-state index in [0.29, 0.717) is 5.92 Å². The number of fused-ring (bicyclic) bond motifs is 12. The minimum absolute atomic E-state index is 0.103. The average Bonchev–Trinajstić information content (AvgIpc) is 3.66. The van der Waals surface area contributed by atoms with Gasteiger partial charge in [-0.05, 0) is 75.8 Å². The van der Waals surface area contributed by atoms with Crippen LogP contribution in [0, 0.1) is 5.92 Å². The van der Waals surface area contributed by atoms with Gasteiger partial charge in [-0.25, -0.2) is 0 Å². The highest BCUT2D eigenvalue weighted by Crippen LogP contribution is 2.65. The van der Waals surface area contributed by atoms with E-state index in [1.54, 1.807) is 0 Å². The quantitative estimate of drug-likeness (QED) is 0.187. The van der Waals surface area contributed by atoms with Gasteiger partial charge in [-0.3, -0.25) is 0 Å². The van der Waals surface area contributed by atoms with Gasteiger partial charge in [0.25, 0.3) is 0 Å². The summed E-state index contributed by atoms with van der Waals surface area (Å²) >= 11 is 1.88. The van der Waals surface area contributed by atoms with Crippen LogP contribution < -0.4 is 4.90 Å². The minimum atomic E-state index is -0.316. The number of rotatable bonds is 3. The second-order valence-electron chi connectivity index (χ2n) is 14.0. The molecule has 2 heteroatoms. The van der Waals surface area contributed by atoms with Crippen molar-refractivity contribution >= 4 is 48.6 Å². The van der Waals surface area contributed by atoms with E-state index < -0.39 is 0 Å². The molecule has 1 nitrogen and oxygen atoms in total. The molecule has 1 aromatic heterocycles. The second-order valence-corrected chi connectivity index (χ2v) is 15.1. The van der Waals surface area contributed by atoms with E-state index in [0.717, 1.165) is 5.69 Å². The summed E-state index contributed by atoms with van der Waals surface area (Å²) in [5, 5.41) is 2.62. The molecule has 6 aromatic carbocycles. The lowest BCUT2D eigenvalue weighted by Gasteiger charge is -2.49. The fourth-order valence-electron chi connectivity index (χ4n) is 9.44. The van der Waals surface area contributed by atoms with Gasteiger partial charge >= 0.3 is 0 Å². The molecule has 1 heterocycles. The van der Waals surface area contributed by atoms with Crippen LogP contribution >= 0.6 is 11.3 Å². The van der Waals surface area contributed by atoms with Gasteiger partial charge in [0.1, 0.15) is 0 Å². The number of benzene rings is 6. The summed E-state index contributed by atoms with van der Waals surface area (Å²) in [7, 11) is 0. The van der Waals surface area contributed by atoms with Crippen LogP contribution in [0.5, 0.6) is 0 Å². The van der Waals surface area contributed by atoms with Crippen molar-refractivity contribution in [3.05, 3.63) is 197 Å². The van der Waals surface area contributed by atoms with Crippen molar-refractivity contribution in [1.29, 1.82) is 0 Å². The Morgan fingerprint density at radius 2 is 1.19 bits per heavy atom. The van der Waals surface area contributed by atoms with E-state index in [2.05, 4.69) is 183 Å². The van der Waals surface area contributed by atoms with Crippen LogP contribution in [0.2, 0.25) is 0 Å². The maximum atomic E-state index is 2.54. The van der Waals surface area contributed by atoms with Crippen LogP contribution in [0.25, 0.3) is 20.2 Å². The summed E-state index contributed by atoms with van der Waals surface area (Å²) in [6, 6.07) is 52.5. The molecule has 3 aliphatic rings. The maximum absolute atomic E-state index is 2.54. The highest BCUT2D eigenvalue weighted by molar-refractivity contribution is 7.26. The molecule has 2 atom stereocenters.